The lowest BCUT2D eigenvalue weighted by molar-refractivity contribution is -0.122. The second-order valence-electron chi connectivity index (χ2n) is 7.47. The smallest absolute Gasteiger partial charge is 0.338 e. The third-order valence-electron chi connectivity index (χ3n) is 5.39. The van der Waals surface area contributed by atoms with Crippen molar-refractivity contribution >= 4 is 62.6 Å². The highest BCUT2D eigenvalue weighted by Crippen LogP contribution is 2.37. The number of nitrogens with one attached hydrogen (secondary N) is 1. The first-order chi connectivity index (χ1) is 15.3. The molecular weight excluding hydrogens is 500 g/mol. The molecule has 2 aliphatic rings. The fraction of sp³-hybridized carbons (Fsp3) is 0.217. The number of rotatable bonds is 5. The third kappa shape index (κ3) is 4.47. The normalized spacial score (nSPS) is 19.6. The van der Waals surface area contributed by atoms with Crippen LogP contribution in [0.3, 0.4) is 0 Å². The van der Waals surface area contributed by atoms with Crippen molar-refractivity contribution in [2.45, 2.75) is 12.8 Å². The number of benzene rings is 2. The standard InChI is InChI=1S/C23H18BrClN2O5/c24-14-8-9-19(18(25)11-14)26-20(28)12-32-23(31)13-4-3-5-15(10-13)27-21(29)16-6-1-2-7-17(16)22(27)30/h1-5,8-11,16-17H,6-7,12H2,(H,26,28)/t16-,17-/m1/s1. The minimum Gasteiger partial charge on any atom is -0.452 e. The van der Waals surface area contributed by atoms with Crippen molar-refractivity contribution in [3.8, 4) is 0 Å². The van der Waals surface area contributed by atoms with Gasteiger partial charge >= 0.3 is 5.97 Å². The molecule has 0 unspecified atom stereocenters. The van der Waals surface area contributed by atoms with Crippen molar-refractivity contribution in [3.63, 3.8) is 0 Å². The summed E-state index contributed by atoms with van der Waals surface area (Å²) >= 11 is 9.34. The maximum Gasteiger partial charge on any atom is 0.338 e. The first-order valence-electron chi connectivity index (χ1n) is 9.90. The van der Waals surface area contributed by atoms with E-state index in [-0.39, 0.29) is 29.2 Å². The quantitative estimate of drug-likeness (QED) is 0.362. The van der Waals surface area contributed by atoms with E-state index in [2.05, 4.69) is 21.2 Å². The predicted octanol–water partition coefficient (Wildman–Crippen LogP) is 4.35. The highest BCUT2D eigenvalue weighted by Gasteiger charge is 2.47. The molecule has 1 N–H and O–H groups in total. The van der Waals surface area contributed by atoms with Crippen molar-refractivity contribution in [2.75, 3.05) is 16.8 Å². The van der Waals surface area contributed by atoms with Gasteiger partial charge in [0.25, 0.3) is 5.91 Å². The molecule has 0 saturated carbocycles. The van der Waals surface area contributed by atoms with Crippen LogP contribution in [0.25, 0.3) is 0 Å². The van der Waals surface area contributed by atoms with E-state index in [1.807, 2.05) is 12.2 Å². The van der Waals surface area contributed by atoms with E-state index in [0.717, 1.165) is 9.37 Å². The number of allylic oxidation sites excluding steroid dienone is 2. The highest BCUT2D eigenvalue weighted by molar-refractivity contribution is 9.10. The fourth-order valence-corrected chi connectivity index (χ4v) is 4.54. The fourth-order valence-electron chi connectivity index (χ4n) is 3.82. The lowest BCUT2D eigenvalue weighted by Gasteiger charge is -2.15. The summed E-state index contributed by atoms with van der Waals surface area (Å²) in [6.45, 7) is -0.521. The molecule has 1 aliphatic heterocycles. The Labute approximate surface area is 197 Å². The number of anilines is 2. The van der Waals surface area contributed by atoms with E-state index in [1.54, 1.807) is 30.3 Å². The lowest BCUT2D eigenvalue weighted by Crippen LogP contribution is -2.31. The van der Waals surface area contributed by atoms with Crippen LogP contribution in [0.5, 0.6) is 0 Å². The number of hydrogen-bond acceptors (Lipinski definition) is 5. The molecule has 164 valence electrons. The maximum absolute atomic E-state index is 12.8. The maximum atomic E-state index is 12.8. The van der Waals surface area contributed by atoms with Gasteiger partial charge in [0.2, 0.25) is 11.8 Å². The molecular formula is C23H18BrClN2O5. The van der Waals surface area contributed by atoms with Gasteiger partial charge < -0.3 is 10.1 Å². The molecule has 9 heteroatoms. The topological polar surface area (TPSA) is 92.8 Å². The lowest BCUT2D eigenvalue weighted by atomic mass is 9.85. The molecule has 1 fully saturated rings. The Bertz CT molecular complexity index is 1120. The average molecular weight is 518 g/mol. The Morgan fingerprint density at radius 1 is 1.06 bits per heavy atom. The van der Waals surface area contributed by atoms with Gasteiger partial charge in [-0.2, -0.15) is 0 Å². The van der Waals surface area contributed by atoms with Crippen LogP contribution in [0.2, 0.25) is 5.02 Å². The summed E-state index contributed by atoms with van der Waals surface area (Å²) in [5, 5.41) is 2.90. The molecule has 1 saturated heterocycles. The number of amides is 3. The molecule has 3 amide bonds. The van der Waals surface area contributed by atoms with Crippen molar-refractivity contribution in [1.29, 1.82) is 0 Å². The van der Waals surface area contributed by atoms with Gasteiger partial charge in [-0.3, -0.25) is 19.3 Å². The van der Waals surface area contributed by atoms with Crippen LogP contribution in [0, 0.1) is 11.8 Å². The van der Waals surface area contributed by atoms with E-state index in [9.17, 15) is 19.2 Å². The summed E-state index contributed by atoms with van der Waals surface area (Å²) in [6, 6.07) is 11.0. The molecule has 2 aromatic rings. The van der Waals surface area contributed by atoms with Crippen LogP contribution < -0.4 is 10.2 Å². The van der Waals surface area contributed by atoms with Gasteiger partial charge in [0.1, 0.15) is 0 Å². The molecule has 32 heavy (non-hydrogen) atoms. The first kappa shape index (κ1) is 22.2. The summed E-state index contributed by atoms with van der Waals surface area (Å²) in [5.74, 6) is -2.56. The number of fused-ring (bicyclic) bond motifs is 1. The molecule has 1 heterocycles. The molecule has 2 atom stereocenters. The number of carbonyl (C=O) groups is 4. The number of hydrogen-bond donors (Lipinski definition) is 1. The van der Waals surface area contributed by atoms with Crippen molar-refractivity contribution in [2.24, 2.45) is 11.8 Å². The number of halogens is 2. The predicted molar refractivity (Wildman–Crippen MR) is 122 cm³/mol. The number of esters is 1. The Morgan fingerprint density at radius 3 is 2.41 bits per heavy atom. The third-order valence-corrected chi connectivity index (χ3v) is 6.19. The second-order valence-corrected chi connectivity index (χ2v) is 8.79. The number of carbonyl (C=O) groups excluding carboxylic acids is 4. The number of ether oxygens (including phenoxy) is 1. The molecule has 0 spiro atoms. The summed E-state index contributed by atoms with van der Waals surface area (Å²) in [5.41, 5.74) is 0.834. The van der Waals surface area contributed by atoms with Crippen molar-refractivity contribution < 1.29 is 23.9 Å². The van der Waals surface area contributed by atoms with E-state index >= 15 is 0 Å². The largest absolute Gasteiger partial charge is 0.452 e. The van der Waals surface area contributed by atoms with E-state index in [0.29, 0.717) is 29.2 Å². The first-order valence-corrected chi connectivity index (χ1v) is 11.1. The zero-order valence-electron chi connectivity index (χ0n) is 16.7. The van der Waals surface area contributed by atoms with Gasteiger partial charge in [0.05, 0.1) is 33.8 Å². The zero-order chi connectivity index (χ0) is 22.8. The van der Waals surface area contributed by atoms with Crippen LogP contribution in [0.15, 0.2) is 59.1 Å². The van der Waals surface area contributed by atoms with Crippen LogP contribution in [-0.2, 0) is 19.1 Å². The van der Waals surface area contributed by atoms with Gasteiger partial charge in [-0.15, -0.1) is 0 Å². The van der Waals surface area contributed by atoms with Crippen molar-refractivity contribution in [1.82, 2.24) is 0 Å². The Balaban J connectivity index is 1.41. The molecule has 2 aromatic carbocycles. The Morgan fingerprint density at radius 2 is 1.75 bits per heavy atom. The van der Waals surface area contributed by atoms with Gasteiger partial charge in [0, 0.05) is 4.47 Å². The van der Waals surface area contributed by atoms with Crippen LogP contribution in [0.1, 0.15) is 23.2 Å². The molecule has 0 bridgehead atoms. The van der Waals surface area contributed by atoms with Gasteiger partial charge in [-0.25, -0.2) is 4.79 Å². The van der Waals surface area contributed by atoms with Crippen LogP contribution in [0.4, 0.5) is 11.4 Å². The molecule has 4 rings (SSSR count). The van der Waals surface area contributed by atoms with E-state index in [4.69, 9.17) is 16.3 Å². The summed E-state index contributed by atoms with van der Waals surface area (Å²) in [7, 11) is 0. The number of nitrogens with zero attached hydrogens (tertiary/aromatic N) is 1. The summed E-state index contributed by atoms with van der Waals surface area (Å²) < 4.78 is 5.85. The molecule has 0 radical (unpaired) electrons. The van der Waals surface area contributed by atoms with Crippen molar-refractivity contribution in [3.05, 3.63) is 69.7 Å². The minimum atomic E-state index is -0.748. The second kappa shape index (κ2) is 9.26. The summed E-state index contributed by atoms with van der Waals surface area (Å²) in [4.78, 5) is 51.2. The molecule has 1 aliphatic carbocycles. The molecule has 7 nitrogen and oxygen atoms in total. The average Bonchev–Trinajstić information content (AvgIpc) is 3.04. The van der Waals surface area contributed by atoms with E-state index in [1.165, 1.54) is 12.1 Å². The Kier molecular flexibility index (Phi) is 6.43. The summed E-state index contributed by atoms with van der Waals surface area (Å²) in [6.07, 6.45) is 4.89. The zero-order valence-corrected chi connectivity index (χ0v) is 19.1. The highest BCUT2D eigenvalue weighted by atomic mass is 79.9. The minimum absolute atomic E-state index is 0.130. The SMILES string of the molecule is O=C(COC(=O)c1cccc(N2C(=O)[C@@H]3CC=CC[C@H]3C2=O)c1)Nc1ccc(Br)cc1Cl. The van der Waals surface area contributed by atoms with Gasteiger partial charge in [-0.05, 0) is 49.2 Å². The molecule has 0 aromatic heterocycles. The van der Waals surface area contributed by atoms with Gasteiger partial charge in [0.15, 0.2) is 6.61 Å². The van der Waals surface area contributed by atoms with Gasteiger partial charge in [-0.1, -0.05) is 45.7 Å². The number of imide groups is 1. The Hall–Kier alpha value is -2.97. The van der Waals surface area contributed by atoms with Crippen LogP contribution in [-0.4, -0.2) is 30.3 Å². The van der Waals surface area contributed by atoms with Crippen LogP contribution >= 0.6 is 27.5 Å². The van der Waals surface area contributed by atoms with E-state index < -0.39 is 18.5 Å². The monoisotopic (exact) mass is 516 g/mol.